The number of aromatic nitrogens is 4. The molecule has 1 aliphatic heterocycles. The van der Waals surface area contributed by atoms with Crippen LogP contribution >= 0.6 is 0 Å². The molecule has 39 heavy (non-hydrogen) atoms. The fourth-order valence-corrected chi connectivity index (χ4v) is 5.23. The van der Waals surface area contributed by atoms with Gasteiger partial charge in [-0.15, -0.1) is 0 Å². The number of likely N-dealkylation sites (tertiary alicyclic amines) is 1. The van der Waals surface area contributed by atoms with Gasteiger partial charge in [0.2, 0.25) is 5.95 Å². The van der Waals surface area contributed by atoms with E-state index in [-0.39, 0.29) is 17.3 Å². The fraction of sp³-hybridized carbons (Fsp3) is 0.241. The molecule has 10 heteroatoms. The Hall–Kier alpha value is -4.57. The summed E-state index contributed by atoms with van der Waals surface area (Å²) in [6.07, 6.45) is 1.61. The Morgan fingerprint density at radius 2 is 1.85 bits per heavy atom. The highest BCUT2D eigenvalue weighted by Gasteiger charge is 2.21. The lowest BCUT2D eigenvalue weighted by atomic mass is 9.98. The summed E-state index contributed by atoms with van der Waals surface area (Å²) in [6, 6.07) is 17.5. The van der Waals surface area contributed by atoms with Crippen LogP contribution in [0.2, 0.25) is 0 Å². The summed E-state index contributed by atoms with van der Waals surface area (Å²) in [5.74, 6) is -0.131. The fourth-order valence-electron chi connectivity index (χ4n) is 5.23. The van der Waals surface area contributed by atoms with Gasteiger partial charge in [-0.25, -0.2) is 24.2 Å². The first-order valence-corrected chi connectivity index (χ1v) is 12.9. The van der Waals surface area contributed by atoms with Crippen LogP contribution < -0.4 is 10.5 Å². The normalized spacial score (nSPS) is 13.9. The smallest absolute Gasteiger partial charge is 0.414 e. The molecule has 2 aromatic heterocycles. The average molecular weight is 527 g/mol. The zero-order chi connectivity index (χ0) is 26.9. The van der Waals surface area contributed by atoms with Gasteiger partial charge in [-0.3, -0.25) is 4.79 Å². The predicted molar refractivity (Wildman–Crippen MR) is 148 cm³/mol. The number of aromatic amines is 2. The van der Waals surface area contributed by atoms with Crippen LogP contribution in [0, 0.1) is 5.82 Å². The summed E-state index contributed by atoms with van der Waals surface area (Å²) in [7, 11) is 0. The minimum Gasteiger partial charge on any atom is -0.465 e. The van der Waals surface area contributed by atoms with Gasteiger partial charge in [-0.1, -0.05) is 30.3 Å². The SMILES string of the molecule is O=C(O)N(CCN1CCCC1)c1nc2ccc(-c3cc(Cc4n[nH]c(=O)c5ccccc45)ccc3F)cc2[nH]1. The first-order chi connectivity index (χ1) is 19.0. The lowest BCUT2D eigenvalue weighted by Gasteiger charge is -2.20. The van der Waals surface area contributed by atoms with Gasteiger partial charge in [0.25, 0.3) is 5.56 Å². The molecule has 5 aromatic rings. The Morgan fingerprint density at radius 1 is 1.05 bits per heavy atom. The van der Waals surface area contributed by atoms with E-state index in [0.29, 0.717) is 52.8 Å². The topological polar surface area (TPSA) is 118 Å². The van der Waals surface area contributed by atoms with Crippen molar-refractivity contribution < 1.29 is 14.3 Å². The molecule has 1 aliphatic rings. The third-order valence-electron chi connectivity index (χ3n) is 7.28. The third kappa shape index (κ3) is 4.98. The van der Waals surface area contributed by atoms with E-state index in [0.717, 1.165) is 36.9 Å². The Morgan fingerprint density at radius 3 is 2.64 bits per heavy atom. The highest BCUT2D eigenvalue weighted by molar-refractivity contribution is 5.89. The molecule has 0 aliphatic carbocycles. The van der Waals surface area contributed by atoms with Crippen molar-refractivity contribution in [1.82, 2.24) is 25.1 Å². The zero-order valence-electron chi connectivity index (χ0n) is 21.2. The Balaban J connectivity index is 1.29. The van der Waals surface area contributed by atoms with Crippen LogP contribution in [0.3, 0.4) is 0 Å². The summed E-state index contributed by atoms with van der Waals surface area (Å²) in [4.78, 5) is 35.2. The largest absolute Gasteiger partial charge is 0.465 e. The molecular weight excluding hydrogens is 499 g/mol. The van der Waals surface area contributed by atoms with Crippen molar-refractivity contribution in [2.75, 3.05) is 31.1 Å². The molecule has 3 N–H and O–H groups in total. The van der Waals surface area contributed by atoms with Crippen molar-refractivity contribution in [2.45, 2.75) is 19.3 Å². The first-order valence-electron chi connectivity index (χ1n) is 12.9. The number of fused-ring (bicyclic) bond motifs is 2. The zero-order valence-corrected chi connectivity index (χ0v) is 21.2. The van der Waals surface area contributed by atoms with E-state index in [4.69, 9.17) is 0 Å². The minimum absolute atomic E-state index is 0.249. The second-order valence-corrected chi connectivity index (χ2v) is 9.81. The van der Waals surface area contributed by atoms with Crippen LogP contribution in [0.4, 0.5) is 15.1 Å². The first kappa shape index (κ1) is 24.7. The van der Waals surface area contributed by atoms with E-state index in [2.05, 4.69) is 25.1 Å². The van der Waals surface area contributed by atoms with E-state index in [1.807, 2.05) is 12.1 Å². The third-order valence-corrected chi connectivity index (χ3v) is 7.28. The molecule has 0 radical (unpaired) electrons. The van der Waals surface area contributed by atoms with Gasteiger partial charge in [0, 0.05) is 30.5 Å². The minimum atomic E-state index is -1.07. The maximum Gasteiger partial charge on any atom is 0.414 e. The van der Waals surface area contributed by atoms with Gasteiger partial charge in [0.15, 0.2) is 0 Å². The Kier molecular flexibility index (Phi) is 6.54. The van der Waals surface area contributed by atoms with Crippen molar-refractivity contribution in [3.63, 3.8) is 0 Å². The van der Waals surface area contributed by atoms with E-state index < -0.39 is 6.09 Å². The molecule has 9 nitrogen and oxygen atoms in total. The summed E-state index contributed by atoms with van der Waals surface area (Å²) in [6.45, 7) is 2.92. The number of imidazole rings is 1. The van der Waals surface area contributed by atoms with E-state index in [1.165, 1.54) is 11.0 Å². The van der Waals surface area contributed by atoms with Crippen LogP contribution in [0.25, 0.3) is 32.9 Å². The van der Waals surface area contributed by atoms with Crippen LogP contribution in [0.15, 0.2) is 65.5 Å². The standard InChI is InChI=1S/C29H27FN6O3/c30-23-9-7-18(16-25-20-5-1-2-6-21(20)27(37)34-33-25)15-22(23)19-8-10-24-26(17-19)32-28(31-24)36(29(38)39)14-13-35-11-3-4-12-35/h1-2,5-10,15,17H,3-4,11-14,16H2,(H,31,32)(H,34,37)(H,38,39). The number of rotatable bonds is 7. The summed E-state index contributed by atoms with van der Waals surface area (Å²) >= 11 is 0. The molecular formula is C29H27FN6O3. The molecule has 0 spiro atoms. The summed E-state index contributed by atoms with van der Waals surface area (Å²) in [5.41, 5.74) is 3.53. The Labute approximate surface area is 222 Å². The van der Waals surface area contributed by atoms with Gasteiger partial charge >= 0.3 is 6.09 Å². The summed E-state index contributed by atoms with van der Waals surface area (Å²) < 4.78 is 15.0. The number of hydrogen-bond acceptors (Lipinski definition) is 5. The van der Waals surface area contributed by atoms with Crippen molar-refractivity contribution >= 4 is 33.8 Å². The molecule has 1 saturated heterocycles. The number of nitrogens with zero attached hydrogens (tertiary/aromatic N) is 4. The number of carboxylic acid groups (broad SMARTS) is 1. The van der Waals surface area contributed by atoms with Gasteiger partial charge in [0.05, 0.1) is 22.1 Å². The van der Waals surface area contributed by atoms with Gasteiger partial charge in [-0.2, -0.15) is 5.10 Å². The van der Waals surface area contributed by atoms with Gasteiger partial charge in [-0.05, 0) is 67.4 Å². The van der Waals surface area contributed by atoms with Crippen molar-refractivity contribution in [3.8, 4) is 11.1 Å². The number of halogens is 1. The van der Waals surface area contributed by atoms with E-state index in [1.54, 1.807) is 42.5 Å². The second kappa shape index (κ2) is 10.3. The number of anilines is 1. The number of carbonyl (C=O) groups is 1. The monoisotopic (exact) mass is 526 g/mol. The number of hydrogen-bond donors (Lipinski definition) is 3. The number of amides is 1. The highest BCUT2D eigenvalue weighted by Crippen LogP contribution is 2.29. The maximum absolute atomic E-state index is 15.0. The molecule has 0 unspecified atom stereocenters. The molecule has 0 saturated carbocycles. The number of benzene rings is 3. The van der Waals surface area contributed by atoms with Gasteiger partial charge in [0.1, 0.15) is 5.82 Å². The quantitative estimate of drug-likeness (QED) is 0.281. The van der Waals surface area contributed by atoms with Crippen LogP contribution in [-0.2, 0) is 6.42 Å². The number of nitrogens with one attached hydrogen (secondary N) is 2. The molecule has 6 rings (SSSR count). The molecule has 3 aromatic carbocycles. The second-order valence-electron chi connectivity index (χ2n) is 9.81. The average Bonchev–Trinajstić information content (AvgIpc) is 3.61. The maximum atomic E-state index is 15.0. The van der Waals surface area contributed by atoms with Crippen molar-refractivity contribution in [2.24, 2.45) is 0 Å². The van der Waals surface area contributed by atoms with E-state index >= 15 is 4.39 Å². The number of H-pyrrole nitrogens is 2. The molecule has 3 heterocycles. The molecule has 198 valence electrons. The van der Waals surface area contributed by atoms with Crippen LogP contribution in [0.1, 0.15) is 24.1 Å². The van der Waals surface area contributed by atoms with Crippen LogP contribution in [-0.4, -0.2) is 62.4 Å². The molecule has 0 atom stereocenters. The lowest BCUT2D eigenvalue weighted by Crippen LogP contribution is -2.37. The van der Waals surface area contributed by atoms with Crippen molar-refractivity contribution in [1.29, 1.82) is 0 Å². The van der Waals surface area contributed by atoms with E-state index in [9.17, 15) is 14.7 Å². The lowest BCUT2D eigenvalue weighted by molar-refractivity contribution is 0.200. The van der Waals surface area contributed by atoms with Crippen LogP contribution in [0.5, 0.6) is 0 Å². The highest BCUT2D eigenvalue weighted by atomic mass is 19.1. The predicted octanol–water partition coefficient (Wildman–Crippen LogP) is 4.78. The molecule has 0 bridgehead atoms. The van der Waals surface area contributed by atoms with Gasteiger partial charge < -0.3 is 15.0 Å². The molecule has 1 amide bonds. The Bertz CT molecular complexity index is 1740. The molecule has 1 fully saturated rings. The summed E-state index contributed by atoms with van der Waals surface area (Å²) in [5, 5.41) is 17.9. The van der Waals surface area contributed by atoms with Crippen molar-refractivity contribution in [3.05, 3.63) is 88.1 Å².